The van der Waals surface area contributed by atoms with Crippen LogP contribution in [0.2, 0.25) is 0 Å². The Kier molecular flexibility index (Phi) is 7.06. The average Bonchev–Trinajstić information content (AvgIpc) is 3.22. The second-order valence-corrected chi connectivity index (χ2v) is 12.5. The van der Waals surface area contributed by atoms with Gasteiger partial charge in [0.25, 0.3) is 5.91 Å². The van der Waals surface area contributed by atoms with Gasteiger partial charge in [-0.3, -0.25) is 19.3 Å². The number of rotatable bonds is 7. The van der Waals surface area contributed by atoms with E-state index in [1.54, 1.807) is 12.1 Å². The van der Waals surface area contributed by atoms with Gasteiger partial charge in [-0.1, -0.05) is 78.3 Å². The molecule has 1 N–H and O–H groups in total. The number of esters is 1. The summed E-state index contributed by atoms with van der Waals surface area (Å²) in [6.07, 6.45) is 0.248. The normalized spacial score (nSPS) is 22.7. The molecule has 0 saturated carbocycles. The minimum atomic E-state index is -1.10. The average molecular weight is 616 g/mol. The Hall–Kier alpha value is -3.78. The molecule has 3 aliphatic carbocycles. The Bertz CT molecular complexity index is 1470. The van der Waals surface area contributed by atoms with E-state index in [9.17, 15) is 19.2 Å². The second-order valence-electron chi connectivity index (χ2n) is 11.6. The largest absolute Gasteiger partial charge is 0.454 e. The predicted octanol–water partition coefficient (Wildman–Crippen LogP) is 5.55. The molecular formula is C33H31BrN2O5. The van der Waals surface area contributed by atoms with Gasteiger partial charge in [-0.15, -0.1) is 0 Å². The highest BCUT2D eigenvalue weighted by atomic mass is 79.9. The first-order valence-corrected chi connectivity index (χ1v) is 14.7. The topological polar surface area (TPSA) is 92.8 Å². The molecule has 3 amide bonds. The molecule has 0 spiro atoms. The minimum absolute atomic E-state index is 0.00105. The standard InChI is InChI=1S/C33H31BrN2O5/c1-17(2)14-25(33(40)41-16-26(37)35-24-13-12-19(34)15-18(24)3)36-31(38)29-27-20-8-4-5-9-21(20)28(30(29)32(36)39)23-11-7-6-10-22(23)27/h4-13,15,17,25,27-30H,14,16H2,1-3H3,(H,35,37)/t25-,27?,28?,29-,30+/m0/s1. The fourth-order valence-corrected chi connectivity index (χ4v) is 7.42. The van der Waals surface area contributed by atoms with Crippen LogP contribution in [0, 0.1) is 24.7 Å². The molecule has 1 fully saturated rings. The molecule has 8 heteroatoms. The van der Waals surface area contributed by atoms with Gasteiger partial charge >= 0.3 is 5.97 Å². The predicted molar refractivity (Wildman–Crippen MR) is 157 cm³/mol. The summed E-state index contributed by atoms with van der Waals surface area (Å²) < 4.78 is 6.34. The quantitative estimate of drug-likeness (QED) is 0.278. The van der Waals surface area contributed by atoms with E-state index in [0.29, 0.717) is 5.69 Å². The van der Waals surface area contributed by atoms with Crippen molar-refractivity contribution >= 4 is 45.3 Å². The molecule has 2 bridgehead atoms. The van der Waals surface area contributed by atoms with E-state index in [2.05, 4.69) is 21.2 Å². The van der Waals surface area contributed by atoms with E-state index in [4.69, 9.17) is 4.74 Å². The Labute approximate surface area is 247 Å². The van der Waals surface area contributed by atoms with Crippen LogP contribution in [-0.4, -0.2) is 41.2 Å². The number of imide groups is 1. The molecule has 1 aliphatic heterocycles. The van der Waals surface area contributed by atoms with Crippen molar-refractivity contribution in [2.24, 2.45) is 17.8 Å². The highest BCUT2D eigenvalue weighted by molar-refractivity contribution is 9.10. The van der Waals surface area contributed by atoms with Gasteiger partial charge in [-0.25, -0.2) is 4.79 Å². The molecule has 7 nitrogen and oxygen atoms in total. The lowest BCUT2D eigenvalue weighted by Crippen LogP contribution is -2.47. The smallest absolute Gasteiger partial charge is 0.329 e. The third-order valence-electron chi connectivity index (χ3n) is 8.57. The Morgan fingerprint density at radius 1 is 0.878 bits per heavy atom. The van der Waals surface area contributed by atoms with Gasteiger partial charge in [-0.2, -0.15) is 0 Å². The number of carbonyl (C=O) groups excluding carboxylic acids is 4. The summed E-state index contributed by atoms with van der Waals surface area (Å²) in [6.45, 7) is 5.19. The van der Waals surface area contributed by atoms with Crippen LogP contribution in [0.1, 0.15) is 59.9 Å². The monoisotopic (exact) mass is 614 g/mol. The van der Waals surface area contributed by atoms with Crippen LogP contribution in [0.3, 0.4) is 0 Å². The van der Waals surface area contributed by atoms with Gasteiger partial charge in [0.2, 0.25) is 11.8 Å². The highest BCUT2D eigenvalue weighted by Gasteiger charge is 2.63. The lowest BCUT2D eigenvalue weighted by molar-refractivity contribution is -0.160. The molecule has 1 heterocycles. The molecule has 0 aromatic heterocycles. The molecule has 3 aromatic rings. The number of hydrogen-bond acceptors (Lipinski definition) is 5. The first-order valence-electron chi connectivity index (χ1n) is 13.9. The van der Waals surface area contributed by atoms with E-state index in [1.165, 1.54) is 0 Å². The molecule has 4 aliphatic rings. The maximum Gasteiger partial charge on any atom is 0.329 e. The van der Waals surface area contributed by atoms with Gasteiger partial charge in [0.05, 0.1) is 11.8 Å². The van der Waals surface area contributed by atoms with Gasteiger partial charge in [0, 0.05) is 22.0 Å². The molecule has 7 rings (SSSR count). The summed E-state index contributed by atoms with van der Waals surface area (Å²) in [5, 5.41) is 2.76. The number of aryl methyl sites for hydroxylation is 1. The summed E-state index contributed by atoms with van der Waals surface area (Å²) in [6, 6.07) is 20.4. The summed E-state index contributed by atoms with van der Waals surface area (Å²) >= 11 is 3.40. The van der Waals surface area contributed by atoms with Crippen molar-refractivity contribution in [1.82, 2.24) is 4.90 Å². The zero-order valence-corrected chi connectivity index (χ0v) is 24.7. The fraction of sp³-hybridized carbons (Fsp3) is 0.333. The maximum absolute atomic E-state index is 14.1. The van der Waals surface area contributed by atoms with Crippen molar-refractivity contribution in [3.8, 4) is 0 Å². The molecule has 210 valence electrons. The van der Waals surface area contributed by atoms with Crippen molar-refractivity contribution in [1.29, 1.82) is 0 Å². The van der Waals surface area contributed by atoms with Gasteiger partial charge in [0.15, 0.2) is 6.61 Å². The number of anilines is 1. The van der Waals surface area contributed by atoms with E-state index in [-0.39, 0.29) is 36.0 Å². The van der Waals surface area contributed by atoms with Crippen LogP contribution in [0.4, 0.5) is 5.69 Å². The van der Waals surface area contributed by atoms with E-state index in [1.807, 2.05) is 75.4 Å². The first kappa shape index (κ1) is 27.4. The number of hydrogen-bond donors (Lipinski definition) is 1. The second kappa shape index (κ2) is 10.6. The number of amides is 3. The van der Waals surface area contributed by atoms with Crippen LogP contribution in [0.15, 0.2) is 71.2 Å². The maximum atomic E-state index is 14.1. The molecular weight excluding hydrogens is 584 g/mol. The van der Waals surface area contributed by atoms with Gasteiger partial charge < -0.3 is 10.1 Å². The third-order valence-corrected chi connectivity index (χ3v) is 9.06. The number of halogens is 1. The molecule has 1 saturated heterocycles. The molecule has 3 aromatic carbocycles. The van der Waals surface area contributed by atoms with Crippen molar-refractivity contribution < 1.29 is 23.9 Å². The number of benzene rings is 3. The van der Waals surface area contributed by atoms with Crippen LogP contribution < -0.4 is 5.32 Å². The highest BCUT2D eigenvalue weighted by Crippen LogP contribution is 2.61. The van der Waals surface area contributed by atoms with E-state index >= 15 is 0 Å². The van der Waals surface area contributed by atoms with Crippen LogP contribution >= 0.6 is 15.9 Å². The Balaban J connectivity index is 1.26. The molecule has 41 heavy (non-hydrogen) atoms. The zero-order chi connectivity index (χ0) is 29.0. The van der Waals surface area contributed by atoms with Crippen LogP contribution in [0.5, 0.6) is 0 Å². The van der Waals surface area contributed by atoms with E-state index < -0.39 is 36.4 Å². The zero-order valence-electron chi connectivity index (χ0n) is 23.1. The number of nitrogens with zero attached hydrogens (tertiary/aromatic N) is 1. The number of likely N-dealkylation sites (tertiary alicyclic amines) is 1. The molecule has 0 unspecified atom stereocenters. The lowest BCUT2D eigenvalue weighted by atomic mass is 9.55. The summed E-state index contributed by atoms with van der Waals surface area (Å²) in [4.78, 5) is 55.6. The number of ether oxygens (including phenoxy) is 1. The van der Waals surface area contributed by atoms with Gasteiger partial charge in [-0.05, 0) is 65.3 Å². The van der Waals surface area contributed by atoms with Crippen molar-refractivity contribution in [3.63, 3.8) is 0 Å². The van der Waals surface area contributed by atoms with Crippen molar-refractivity contribution in [3.05, 3.63) is 99.0 Å². The Morgan fingerprint density at radius 3 is 1.85 bits per heavy atom. The third kappa shape index (κ3) is 4.58. The Morgan fingerprint density at radius 2 is 1.39 bits per heavy atom. The van der Waals surface area contributed by atoms with Crippen molar-refractivity contribution in [2.75, 3.05) is 11.9 Å². The van der Waals surface area contributed by atoms with Crippen LogP contribution in [0.25, 0.3) is 0 Å². The minimum Gasteiger partial charge on any atom is -0.454 e. The lowest BCUT2D eigenvalue weighted by Gasteiger charge is -2.45. The molecule has 0 radical (unpaired) electrons. The summed E-state index contributed by atoms with van der Waals surface area (Å²) in [5.74, 6) is -3.59. The molecule has 3 atom stereocenters. The first-order chi connectivity index (χ1) is 19.7. The van der Waals surface area contributed by atoms with Gasteiger partial charge in [0.1, 0.15) is 6.04 Å². The number of carbonyl (C=O) groups is 4. The van der Waals surface area contributed by atoms with E-state index in [0.717, 1.165) is 37.2 Å². The fourth-order valence-electron chi connectivity index (χ4n) is 6.95. The SMILES string of the molecule is Cc1cc(Br)ccc1NC(=O)COC(=O)[C@H](CC(C)C)N1C(=O)[C@@H]2C3c4ccccc4C(c4ccccc43)[C@@H]2C1=O. The van der Waals surface area contributed by atoms with Crippen molar-refractivity contribution in [2.45, 2.75) is 45.1 Å². The summed E-state index contributed by atoms with van der Waals surface area (Å²) in [5.41, 5.74) is 5.75. The van der Waals surface area contributed by atoms with Crippen LogP contribution in [-0.2, 0) is 23.9 Å². The summed E-state index contributed by atoms with van der Waals surface area (Å²) in [7, 11) is 0. The number of nitrogens with one attached hydrogen (secondary N) is 1.